The van der Waals surface area contributed by atoms with Crippen LogP contribution in [0.15, 0.2) is 78.0 Å². The van der Waals surface area contributed by atoms with E-state index in [9.17, 15) is 30.2 Å². The van der Waals surface area contributed by atoms with E-state index in [1.54, 1.807) is 54.4 Å². The molecule has 6 rings (SSSR count). The molecule has 1 saturated heterocycles. The average molecular weight is 760 g/mol. The molecule has 4 aliphatic rings. The highest BCUT2D eigenvalue weighted by Gasteiger charge is 2.65. The zero-order chi connectivity index (χ0) is 39.0. The highest BCUT2D eigenvalue weighted by atomic mass is 16.8. The van der Waals surface area contributed by atoms with E-state index in [1.807, 2.05) is 0 Å². The Bertz CT molecular complexity index is 1750. The number of oxime groups is 1. The Labute approximate surface area is 322 Å². The van der Waals surface area contributed by atoms with Crippen molar-refractivity contribution in [3.8, 4) is 11.5 Å². The number of nitro groups is 1. The van der Waals surface area contributed by atoms with Crippen molar-refractivity contribution in [3.05, 3.63) is 94.1 Å². The number of non-ortho nitro benzene ring substituents is 1. The first-order valence-corrected chi connectivity index (χ1v) is 19.4. The summed E-state index contributed by atoms with van der Waals surface area (Å²) in [6, 6.07) is 10.3. The molecule has 2 aromatic rings. The fourth-order valence-corrected chi connectivity index (χ4v) is 8.80. The van der Waals surface area contributed by atoms with Crippen LogP contribution in [0.25, 0.3) is 6.08 Å². The van der Waals surface area contributed by atoms with E-state index in [2.05, 4.69) is 12.7 Å². The van der Waals surface area contributed by atoms with Gasteiger partial charge in [-0.1, -0.05) is 30.1 Å². The number of aliphatic hydroxyl groups is 2. The van der Waals surface area contributed by atoms with Gasteiger partial charge in [0, 0.05) is 62.8 Å². The Hall–Kier alpha value is -4.56. The minimum Gasteiger partial charge on any atom is -0.508 e. The second-order valence-electron chi connectivity index (χ2n) is 14.8. The number of rotatable bonds is 17. The number of unbranched alkanes of at least 4 members (excludes halogenated alkanes) is 2. The largest absolute Gasteiger partial charge is 0.508 e. The number of allylic oxidation sites excluding steroid dienone is 1. The predicted octanol–water partition coefficient (Wildman–Crippen LogP) is 6.63. The molecule has 2 heterocycles. The third-order valence-electron chi connectivity index (χ3n) is 11.4. The number of hydrogen-bond donors (Lipinski definition) is 3. The Morgan fingerprint density at radius 1 is 1.11 bits per heavy atom. The number of aliphatic hydroxyl groups excluding tert-OH is 2. The van der Waals surface area contributed by atoms with Crippen LogP contribution in [0.4, 0.5) is 5.69 Å². The third-order valence-corrected chi connectivity index (χ3v) is 11.4. The summed E-state index contributed by atoms with van der Waals surface area (Å²) in [6.07, 6.45) is 13.8. The van der Waals surface area contributed by atoms with Crippen LogP contribution in [0.3, 0.4) is 0 Å². The molecule has 0 spiro atoms. The number of aromatic hydroxyl groups is 1. The standard InChI is InChI=1S/C42H53N3O10/c1-3-23-53-42-37(44(2)38(49)20-15-28-13-16-30(17-14-28)45(50)51)27-35(43-55-39-12-6-9-24-52-39)33-25-29(10-4-7-21-46)32(11-5-8-22-47)40(41(33)42)34-26-31(48)18-19-36(34)54-42/h3,13-20,25-26,29,32,37,39-41,46-48H,1,4-12,21-24,27H2,2H3/t29-,32+,37-,39?,40+,41+,42+/m0/s1. The number of hydrogen-bond acceptors (Lipinski definition) is 11. The molecule has 0 bridgehead atoms. The summed E-state index contributed by atoms with van der Waals surface area (Å²) in [5.41, 5.74) is 2.95. The van der Waals surface area contributed by atoms with Gasteiger partial charge in [-0.05, 0) is 97.9 Å². The number of nitrogens with zero attached hydrogens (tertiary/aromatic N) is 3. The second-order valence-corrected chi connectivity index (χ2v) is 14.8. The molecular weight excluding hydrogens is 706 g/mol. The van der Waals surface area contributed by atoms with Gasteiger partial charge >= 0.3 is 0 Å². The van der Waals surface area contributed by atoms with Crippen molar-refractivity contribution < 1.29 is 44.1 Å². The molecule has 7 atom stereocenters. The fraction of sp³-hybridized carbons (Fsp3) is 0.524. The molecule has 1 amide bonds. The molecule has 13 nitrogen and oxygen atoms in total. The lowest BCUT2D eigenvalue weighted by Gasteiger charge is -2.59. The van der Waals surface area contributed by atoms with Crippen molar-refractivity contribution in [2.45, 2.75) is 88.2 Å². The molecule has 2 aliphatic carbocycles. The van der Waals surface area contributed by atoms with Gasteiger partial charge in [-0.15, -0.1) is 6.58 Å². The van der Waals surface area contributed by atoms with Crippen LogP contribution in [0.5, 0.6) is 11.5 Å². The maximum Gasteiger partial charge on any atom is 0.269 e. The van der Waals surface area contributed by atoms with E-state index < -0.39 is 29.0 Å². The van der Waals surface area contributed by atoms with Crippen LogP contribution in [-0.4, -0.2) is 88.4 Å². The highest BCUT2D eigenvalue weighted by Crippen LogP contribution is 2.61. The fourth-order valence-electron chi connectivity index (χ4n) is 8.80. The van der Waals surface area contributed by atoms with E-state index >= 15 is 0 Å². The predicted molar refractivity (Wildman–Crippen MR) is 206 cm³/mol. The lowest BCUT2D eigenvalue weighted by Crippen LogP contribution is -2.69. The lowest BCUT2D eigenvalue weighted by molar-refractivity contribution is -0.384. The van der Waals surface area contributed by atoms with Crippen LogP contribution < -0.4 is 4.74 Å². The van der Waals surface area contributed by atoms with Gasteiger partial charge in [0.15, 0.2) is 0 Å². The number of phenols is 1. The van der Waals surface area contributed by atoms with Crippen LogP contribution in [0.1, 0.15) is 81.3 Å². The summed E-state index contributed by atoms with van der Waals surface area (Å²) in [7, 11) is 1.70. The minimum atomic E-state index is -1.42. The molecule has 296 valence electrons. The van der Waals surface area contributed by atoms with Gasteiger partial charge < -0.3 is 39.3 Å². The van der Waals surface area contributed by atoms with Gasteiger partial charge in [-0.2, -0.15) is 0 Å². The first-order valence-electron chi connectivity index (χ1n) is 19.4. The van der Waals surface area contributed by atoms with Gasteiger partial charge in [0.1, 0.15) is 17.5 Å². The number of carbonyl (C=O) groups excluding carboxylic acids is 1. The summed E-state index contributed by atoms with van der Waals surface area (Å²) in [4.78, 5) is 32.6. The van der Waals surface area contributed by atoms with E-state index in [0.717, 1.165) is 49.7 Å². The van der Waals surface area contributed by atoms with Crippen molar-refractivity contribution in [2.24, 2.45) is 22.9 Å². The Morgan fingerprint density at radius 2 is 1.87 bits per heavy atom. The smallest absolute Gasteiger partial charge is 0.269 e. The first-order chi connectivity index (χ1) is 26.7. The number of likely N-dealkylation sites (N-methyl/N-ethyl adjacent to an activating group) is 1. The molecule has 3 N–H and O–H groups in total. The van der Waals surface area contributed by atoms with Crippen molar-refractivity contribution in [2.75, 3.05) is 33.5 Å². The maximum absolute atomic E-state index is 14.2. The molecule has 2 aliphatic heterocycles. The minimum absolute atomic E-state index is 0.0285. The van der Waals surface area contributed by atoms with E-state index in [-0.39, 0.29) is 61.3 Å². The topological polar surface area (TPSA) is 173 Å². The van der Waals surface area contributed by atoms with Gasteiger partial charge in [-0.25, -0.2) is 0 Å². The zero-order valence-electron chi connectivity index (χ0n) is 31.5. The van der Waals surface area contributed by atoms with Crippen molar-refractivity contribution in [1.29, 1.82) is 0 Å². The SMILES string of the molecule is C=CCO[C@@]12Oc3ccc(O)cc3[C@H]3[C@H](CCCCO)[C@@H](CCCCO)C=C(C(=NOC4CCCCO4)C[C@@H]1N(C)C(=O)C=Cc1ccc([N+](=O)[O-])cc1)[C@H]32. The summed E-state index contributed by atoms with van der Waals surface area (Å²) in [5.74, 6) is -1.79. The van der Waals surface area contributed by atoms with Crippen LogP contribution >= 0.6 is 0 Å². The summed E-state index contributed by atoms with van der Waals surface area (Å²) < 4.78 is 19.8. The normalized spacial score (nSPS) is 27.8. The monoisotopic (exact) mass is 759 g/mol. The number of phenolic OH excluding ortho intramolecular Hbond substituents is 1. The van der Waals surface area contributed by atoms with Crippen LogP contribution in [-0.2, 0) is 19.1 Å². The number of amides is 1. The quantitative estimate of drug-likeness (QED) is 0.0522. The number of nitro benzene ring substituents is 1. The third kappa shape index (κ3) is 8.80. The van der Waals surface area contributed by atoms with Gasteiger partial charge in [0.25, 0.3) is 5.69 Å². The second kappa shape index (κ2) is 18.4. The lowest BCUT2D eigenvalue weighted by atomic mass is 9.55. The van der Waals surface area contributed by atoms with Gasteiger partial charge in [0.05, 0.1) is 29.8 Å². The molecule has 1 unspecified atom stereocenters. The van der Waals surface area contributed by atoms with E-state index in [1.165, 1.54) is 18.2 Å². The Kier molecular flexibility index (Phi) is 13.4. The van der Waals surface area contributed by atoms with E-state index in [4.69, 9.17) is 24.2 Å². The molecule has 2 aromatic carbocycles. The molecule has 0 radical (unpaired) electrons. The summed E-state index contributed by atoms with van der Waals surface area (Å²) >= 11 is 0. The van der Waals surface area contributed by atoms with Crippen LogP contribution in [0.2, 0.25) is 0 Å². The number of ether oxygens (including phenoxy) is 3. The molecule has 1 saturated carbocycles. The zero-order valence-corrected chi connectivity index (χ0v) is 31.5. The van der Waals surface area contributed by atoms with Crippen molar-refractivity contribution >= 4 is 23.4 Å². The first kappa shape index (κ1) is 40.1. The molecule has 55 heavy (non-hydrogen) atoms. The Morgan fingerprint density at radius 3 is 2.56 bits per heavy atom. The van der Waals surface area contributed by atoms with Crippen molar-refractivity contribution in [3.63, 3.8) is 0 Å². The Balaban J connectivity index is 1.49. The summed E-state index contributed by atoms with van der Waals surface area (Å²) in [6.45, 7) is 4.81. The van der Waals surface area contributed by atoms with Crippen LogP contribution in [0, 0.1) is 27.9 Å². The van der Waals surface area contributed by atoms with Crippen molar-refractivity contribution in [1.82, 2.24) is 4.90 Å². The number of fused-ring (bicyclic) bond motifs is 2. The number of benzene rings is 2. The molecule has 13 heteroatoms. The summed E-state index contributed by atoms with van der Waals surface area (Å²) in [5, 5.41) is 46.4. The van der Waals surface area contributed by atoms with Gasteiger partial charge in [0.2, 0.25) is 18.0 Å². The average Bonchev–Trinajstić information content (AvgIpc) is 3.20. The molecular formula is C42H53N3O10. The molecule has 2 fully saturated rings. The van der Waals surface area contributed by atoms with E-state index in [0.29, 0.717) is 42.9 Å². The highest BCUT2D eigenvalue weighted by molar-refractivity contribution is 6.03. The number of carbonyl (C=O) groups is 1. The molecule has 0 aromatic heterocycles. The maximum atomic E-state index is 14.2. The van der Waals surface area contributed by atoms with Gasteiger partial charge in [-0.3, -0.25) is 14.9 Å².